The van der Waals surface area contributed by atoms with Crippen molar-refractivity contribution >= 4 is 23.2 Å². The Kier molecular flexibility index (Phi) is 6.60. The second kappa shape index (κ2) is 8.89. The lowest BCUT2D eigenvalue weighted by atomic mass is 10.1. The van der Waals surface area contributed by atoms with Crippen molar-refractivity contribution in [2.45, 2.75) is 33.3 Å². The number of rotatable bonds is 7. The van der Waals surface area contributed by atoms with E-state index >= 15 is 0 Å². The predicted octanol–water partition coefficient (Wildman–Crippen LogP) is 3.76. The molecule has 0 heterocycles. The summed E-state index contributed by atoms with van der Waals surface area (Å²) in [6.45, 7) is 5.36. The second-order valence-electron chi connectivity index (χ2n) is 5.86. The standard InChI is InChI=1S/C20H24N2O4/c1-5-19(23)22-18-12-15(7-6-13(18)2)21-20(24)14(3)26-17-10-8-16(25-4)9-11-17/h6-12,14H,5H2,1-4H3,(H,21,24)(H,22,23). The van der Waals surface area contributed by atoms with Gasteiger partial charge in [0.25, 0.3) is 5.91 Å². The Balaban J connectivity index is 2.01. The Labute approximate surface area is 153 Å². The molecule has 2 amide bonds. The Morgan fingerprint density at radius 1 is 1.04 bits per heavy atom. The molecule has 6 heteroatoms. The first-order valence-electron chi connectivity index (χ1n) is 8.45. The minimum atomic E-state index is -0.682. The maximum absolute atomic E-state index is 12.4. The third kappa shape index (κ3) is 5.24. The molecule has 0 saturated carbocycles. The van der Waals surface area contributed by atoms with Crippen molar-refractivity contribution in [3.8, 4) is 11.5 Å². The molecule has 0 saturated heterocycles. The van der Waals surface area contributed by atoms with Gasteiger partial charge in [0, 0.05) is 17.8 Å². The minimum absolute atomic E-state index is 0.0761. The van der Waals surface area contributed by atoms with Crippen LogP contribution in [0, 0.1) is 6.92 Å². The Morgan fingerprint density at radius 2 is 1.69 bits per heavy atom. The van der Waals surface area contributed by atoms with Gasteiger partial charge < -0.3 is 20.1 Å². The maximum atomic E-state index is 12.4. The average molecular weight is 356 g/mol. The van der Waals surface area contributed by atoms with Crippen molar-refractivity contribution in [3.63, 3.8) is 0 Å². The number of carbonyl (C=O) groups excluding carboxylic acids is 2. The summed E-state index contributed by atoms with van der Waals surface area (Å²) in [7, 11) is 1.59. The molecule has 0 aromatic heterocycles. The number of amides is 2. The van der Waals surface area contributed by atoms with Gasteiger partial charge in [0.05, 0.1) is 7.11 Å². The Bertz CT molecular complexity index is 772. The summed E-state index contributed by atoms with van der Waals surface area (Å²) in [5.41, 5.74) is 2.20. The van der Waals surface area contributed by atoms with Crippen LogP contribution in [0.1, 0.15) is 25.8 Å². The van der Waals surface area contributed by atoms with E-state index in [4.69, 9.17) is 9.47 Å². The smallest absolute Gasteiger partial charge is 0.265 e. The van der Waals surface area contributed by atoms with Crippen LogP contribution in [-0.4, -0.2) is 25.0 Å². The number of aryl methyl sites for hydroxylation is 1. The normalized spacial score (nSPS) is 11.4. The molecule has 1 atom stereocenters. The van der Waals surface area contributed by atoms with Crippen LogP contribution in [0.4, 0.5) is 11.4 Å². The lowest BCUT2D eigenvalue weighted by molar-refractivity contribution is -0.122. The molecule has 1 unspecified atom stereocenters. The molecule has 0 aliphatic rings. The van der Waals surface area contributed by atoms with Gasteiger partial charge in [-0.25, -0.2) is 0 Å². The fourth-order valence-electron chi connectivity index (χ4n) is 2.23. The van der Waals surface area contributed by atoms with Crippen molar-refractivity contribution in [2.24, 2.45) is 0 Å². The first-order chi connectivity index (χ1) is 12.4. The topological polar surface area (TPSA) is 76.7 Å². The molecular formula is C20H24N2O4. The van der Waals surface area contributed by atoms with E-state index in [9.17, 15) is 9.59 Å². The van der Waals surface area contributed by atoms with Gasteiger partial charge in [0.15, 0.2) is 6.10 Å². The number of hydrogen-bond donors (Lipinski definition) is 2. The molecular weight excluding hydrogens is 332 g/mol. The summed E-state index contributed by atoms with van der Waals surface area (Å²) in [6.07, 6.45) is -0.290. The molecule has 26 heavy (non-hydrogen) atoms. The molecule has 0 bridgehead atoms. The first kappa shape index (κ1) is 19.3. The second-order valence-corrected chi connectivity index (χ2v) is 5.86. The number of nitrogens with one attached hydrogen (secondary N) is 2. The van der Waals surface area contributed by atoms with Gasteiger partial charge in [-0.1, -0.05) is 13.0 Å². The fourth-order valence-corrected chi connectivity index (χ4v) is 2.23. The zero-order chi connectivity index (χ0) is 19.1. The van der Waals surface area contributed by atoms with Gasteiger partial charge in [-0.3, -0.25) is 9.59 Å². The lowest BCUT2D eigenvalue weighted by Crippen LogP contribution is -2.30. The molecule has 2 aromatic rings. The van der Waals surface area contributed by atoms with Crippen LogP contribution in [0.2, 0.25) is 0 Å². The molecule has 0 aliphatic heterocycles. The van der Waals surface area contributed by atoms with Crippen LogP contribution >= 0.6 is 0 Å². The molecule has 2 N–H and O–H groups in total. The molecule has 6 nitrogen and oxygen atoms in total. The van der Waals surface area contributed by atoms with Gasteiger partial charge >= 0.3 is 0 Å². The molecule has 0 fully saturated rings. The molecule has 2 rings (SSSR count). The summed E-state index contributed by atoms with van der Waals surface area (Å²) >= 11 is 0. The summed E-state index contributed by atoms with van der Waals surface area (Å²) in [6, 6.07) is 12.4. The summed E-state index contributed by atoms with van der Waals surface area (Å²) in [4.78, 5) is 24.0. The Hall–Kier alpha value is -3.02. The van der Waals surface area contributed by atoms with Crippen LogP contribution in [0.15, 0.2) is 42.5 Å². The van der Waals surface area contributed by atoms with Gasteiger partial charge in [-0.05, 0) is 55.8 Å². The molecule has 0 radical (unpaired) electrons. The number of benzene rings is 2. The lowest BCUT2D eigenvalue weighted by Gasteiger charge is -2.16. The minimum Gasteiger partial charge on any atom is -0.497 e. The van der Waals surface area contributed by atoms with E-state index in [0.717, 1.165) is 11.3 Å². The third-order valence-electron chi connectivity index (χ3n) is 3.84. The van der Waals surface area contributed by atoms with E-state index in [1.54, 1.807) is 57.4 Å². The van der Waals surface area contributed by atoms with Gasteiger partial charge in [0.2, 0.25) is 5.91 Å². The number of anilines is 2. The van der Waals surface area contributed by atoms with Gasteiger partial charge in [0.1, 0.15) is 11.5 Å². The van der Waals surface area contributed by atoms with E-state index in [0.29, 0.717) is 23.5 Å². The van der Waals surface area contributed by atoms with Gasteiger partial charge in [-0.15, -0.1) is 0 Å². The van der Waals surface area contributed by atoms with Crippen LogP contribution in [0.3, 0.4) is 0 Å². The summed E-state index contributed by atoms with van der Waals surface area (Å²) < 4.78 is 10.7. The highest BCUT2D eigenvalue weighted by atomic mass is 16.5. The first-order valence-corrected chi connectivity index (χ1v) is 8.45. The molecule has 0 aliphatic carbocycles. The third-order valence-corrected chi connectivity index (χ3v) is 3.84. The monoisotopic (exact) mass is 356 g/mol. The van der Waals surface area contributed by atoms with Crippen molar-refractivity contribution in [3.05, 3.63) is 48.0 Å². The van der Waals surface area contributed by atoms with E-state index in [-0.39, 0.29) is 11.8 Å². The molecule has 2 aromatic carbocycles. The van der Waals surface area contributed by atoms with E-state index < -0.39 is 6.10 Å². The summed E-state index contributed by atoms with van der Waals surface area (Å²) in [5, 5.41) is 5.62. The highest BCUT2D eigenvalue weighted by Gasteiger charge is 2.15. The number of ether oxygens (including phenoxy) is 2. The van der Waals surface area contributed by atoms with Crippen molar-refractivity contribution in [1.82, 2.24) is 0 Å². The molecule has 0 spiro atoms. The van der Waals surface area contributed by atoms with Crippen LogP contribution < -0.4 is 20.1 Å². The Morgan fingerprint density at radius 3 is 2.31 bits per heavy atom. The van der Waals surface area contributed by atoms with Crippen LogP contribution in [0.25, 0.3) is 0 Å². The quantitative estimate of drug-likeness (QED) is 0.792. The number of methoxy groups -OCH3 is 1. The largest absolute Gasteiger partial charge is 0.497 e. The number of carbonyl (C=O) groups is 2. The van der Waals surface area contributed by atoms with Crippen molar-refractivity contribution in [2.75, 3.05) is 17.7 Å². The highest BCUT2D eigenvalue weighted by molar-refractivity contribution is 5.96. The maximum Gasteiger partial charge on any atom is 0.265 e. The molecule has 138 valence electrons. The van der Waals surface area contributed by atoms with E-state index in [1.807, 2.05) is 13.0 Å². The van der Waals surface area contributed by atoms with E-state index in [1.165, 1.54) is 0 Å². The van der Waals surface area contributed by atoms with Crippen molar-refractivity contribution in [1.29, 1.82) is 0 Å². The van der Waals surface area contributed by atoms with Crippen molar-refractivity contribution < 1.29 is 19.1 Å². The van der Waals surface area contributed by atoms with E-state index in [2.05, 4.69) is 10.6 Å². The zero-order valence-corrected chi connectivity index (χ0v) is 15.5. The fraction of sp³-hybridized carbons (Fsp3) is 0.300. The van der Waals surface area contributed by atoms with Gasteiger partial charge in [-0.2, -0.15) is 0 Å². The van der Waals surface area contributed by atoms with Crippen LogP contribution in [-0.2, 0) is 9.59 Å². The predicted molar refractivity (Wildman–Crippen MR) is 102 cm³/mol. The number of hydrogen-bond acceptors (Lipinski definition) is 4. The SMILES string of the molecule is CCC(=O)Nc1cc(NC(=O)C(C)Oc2ccc(OC)cc2)ccc1C. The summed E-state index contributed by atoms with van der Waals surface area (Å²) in [5.74, 6) is 0.939. The zero-order valence-electron chi connectivity index (χ0n) is 15.5. The average Bonchev–Trinajstić information content (AvgIpc) is 2.64. The van der Waals surface area contributed by atoms with Crippen LogP contribution in [0.5, 0.6) is 11.5 Å². The highest BCUT2D eigenvalue weighted by Crippen LogP contribution is 2.22.